The lowest BCUT2D eigenvalue weighted by Crippen LogP contribution is -2.33. The highest BCUT2D eigenvalue weighted by molar-refractivity contribution is 14.1. The van der Waals surface area contributed by atoms with E-state index in [1.54, 1.807) is 0 Å². The maximum atomic E-state index is 6.08. The van der Waals surface area contributed by atoms with Crippen LogP contribution in [0.25, 0.3) is 0 Å². The maximum Gasteiger partial charge on any atom is 0.0648 e. The van der Waals surface area contributed by atoms with E-state index in [1.165, 1.54) is 15.1 Å². The van der Waals surface area contributed by atoms with Crippen molar-refractivity contribution in [2.75, 3.05) is 16.8 Å². The number of nitrogens with one attached hydrogen (secondary N) is 1. The van der Waals surface area contributed by atoms with Crippen molar-refractivity contribution in [1.82, 2.24) is 0 Å². The summed E-state index contributed by atoms with van der Waals surface area (Å²) in [7, 11) is 0. The van der Waals surface area contributed by atoms with Crippen LogP contribution in [-0.4, -0.2) is 17.5 Å². The first kappa shape index (κ1) is 9.93. The Morgan fingerprint density at radius 1 is 1.46 bits per heavy atom. The van der Waals surface area contributed by atoms with Crippen LogP contribution in [0.1, 0.15) is 0 Å². The molecule has 2 rings (SSSR count). The summed E-state index contributed by atoms with van der Waals surface area (Å²) in [6.07, 6.45) is 0. The van der Waals surface area contributed by atoms with Crippen molar-refractivity contribution in [2.24, 2.45) is 0 Å². The highest BCUT2D eigenvalue weighted by Gasteiger charge is 2.18. The highest BCUT2D eigenvalue weighted by atomic mass is 127. The molecule has 70 valence electrons. The monoisotopic (exact) mass is 325 g/mol. The molecule has 0 saturated carbocycles. The first-order valence-corrected chi connectivity index (χ1v) is 6.66. The van der Waals surface area contributed by atoms with Gasteiger partial charge < -0.3 is 5.32 Å². The quantitative estimate of drug-likeness (QED) is 0.836. The number of hydrogen-bond donors (Lipinski definition) is 1. The van der Waals surface area contributed by atoms with Crippen LogP contribution in [0.4, 0.5) is 5.69 Å². The number of halogens is 2. The second kappa shape index (κ2) is 4.28. The van der Waals surface area contributed by atoms with Crippen LogP contribution in [0.2, 0.25) is 5.02 Å². The Morgan fingerprint density at radius 2 is 2.23 bits per heavy atom. The Balaban J connectivity index is 2.10. The predicted molar refractivity (Wildman–Crippen MR) is 68.9 cm³/mol. The van der Waals surface area contributed by atoms with Crippen LogP contribution in [0.15, 0.2) is 18.2 Å². The van der Waals surface area contributed by atoms with Gasteiger partial charge in [0.15, 0.2) is 0 Å². The number of rotatable bonds is 2. The number of anilines is 1. The standard InChI is InChI=1S/C9H9ClINS/c10-8-3-6(11)1-2-9(8)12-7-4-13-5-7/h1-3,7,12H,4-5H2. The summed E-state index contributed by atoms with van der Waals surface area (Å²) in [4.78, 5) is 0. The van der Waals surface area contributed by atoms with E-state index in [0.29, 0.717) is 6.04 Å². The number of thioether (sulfide) groups is 1. The zero-order valence-corrected chi connectivity index (χ0v) is 10.6. The van der Waals surface area contributed by atoms with Crippen LogP contribution in [0.3, 0.4) is 0 Å². The number of hydrogen-bond acceptors (Lipinski definition) is 2. The summed E-state index contributed by atoms with van der Waals surface area (Å²) in [6.45, 7) is 0. The average molecular weight is 326 g/mol. The van der Waals surface area contributed by atoms with Crippen LogP contribution in [0, 0.1) is 3.57 Å². The fourth-order valence-corrected chi connectivity index (χ4v) is 2.69. The fourth-order valence-electron chi connectivity index (χ4n) is 1.15. The van der Waals surface area contributed by atoms with Gasteiger partial charge in [0.25, 0.3) is 0 Å². The van der Waals surface area contributed by atoms with Crippen molar-refractivity contribution in [1.29, 1.82) is 0 Å². The van der Waals surface area contributed by atoms with E-state index in [0.717, 1.165) is 10.7 Å². The van der Waals surface area contributed by atoms with Crippen LogP contribution < -0.4 is 5.32 Å². The molecule has 4 heteroatoms. The van der Waals surface area contributed by atoms with Gasteiger partial charge in [0.1, 0.15) is 0 Å². The van der Waals surface area contributed by atoms with Crippen molar-refractivity contribution in [3.63, 3.8) is 0 Å². The zero-order valence-electron chi connectivity index (χ0n) is 6.89. The minimum atomic E-state index is 0.613. The Labute approximate surface area is 101 Å². The highest BCUT2D eigenvalue weighted by Crippen LogP contribution is 2.28. The molecular formula is C9H9ClINS. The fraction of sp³-hybridized carbons (Fsp3) is 0.333. The summed E-state index contributed by atoms with van der Waals surface area (Å²) in [5.41, 5.74) is 1.06. The smallest absolute Gasteiger partial charge is 0.0648 e. The van der Waals surface area contributed by atoms with E-state index in [-0.39, 0.29) is 0 Å². The minimum absolute atomic E-state index is 0.613. The van der Waals surface area contributed by atoms with Gasteiger partial charge in [0.2, 0.25) is 0 Å². The molecule has 1 fully saturated rings. The molecule has 0 aliphatic carbocycles. The summed E-state index contributed by atoms with van der Waals surface area (Å²) >= 11 is 10.3. The predicted octanol–water partition coefficient (Wildman–Crippen LogP) is 3.47. The topological polar surface area (TPSA) is 12.0 Å². The second-order valence-electron chi connectivity index (χ2n) is 3.00. The van der Waals surface area contributed by atoms with E-state index in [2.05, 4.69) is 34.0 Å². The molecular weight excluding hydrogens is 317 g/mol. The van der Waals surface area contributed by atoms with E-state index in [1.807, 2.05) is 23.9 Å². The molecule has 0 radical (unpaired) electrons. The van der Waals surface area contributed by atoms with Crippen molar-refractivity contribution in [3.8, 4) is 0 Å². The third-order valence-corrected chi connectivity index (χ3v) is 4.19. The maximum absolute atomic E-state index is 6.08. The molecule has 0 amide bonds. The first-order valence-electron chi connectivity index (χ1n) is 4.05. The van der Waals surface area contributed by atoms with Crippen molar-refractivity contribution < 1.29 is 0 Å². The van der Waals surface area contributed by atoms with Gasteiger partial charge in [-0.1, -0.05) is 11.6 Å². The van der Waals surface area contributed by atoms with Gasteiger partial charge >= 0.3 is 0 Å². The van der Waals surface area contributed by atoms with Crippen LogP contribution >= 0.6 is 46.0 Å². The molecule has 1 aliphatic heterocycles. The lowest BCUT2D eigenvalue weighted by Gasteiger charge is -2.27. The van der Waals surface area contributed by atoms with Gasteiger partial charge in [-0.15, -0.1) is 0 Å². The van der Waals surface area contributed by atoms with Crippen molar-refractivity contribution in [2.45, 2.75) is 6.04 Å². The number of benzene rings is 1. The Kier molecular flexibility index (Phi) is 3.26. The van der Waals surface area contributed by atoms with E-state index in [9.17, 15) is 0 Å². The summed E-state index contributed by atoms with van der Waals surface area (Å²) < 4.78 is 1.18. The van der Waals surface area contributed by atoms with Gasteiger partial charge in [-0.05, 0) is 40.8 Å². The van der Waals surface area contributed by atoms with E-state index in [4.69, 9.17) is 11.6 Å². The average Bonchev–Trinajstić information content (AvgIpc) is 1.99. The van der Waals surface area contributed by atoms with Gasteiger partial charge in [-0.2, -0.15) is 11.8 Å². The molecule has 1 N–H and O–H groups in total. The zero-order chi connectivity index (χ0) is 9.26. The molecule has 0 unspecified atom stereocenters. The SMILES string of the molecule is Clc1cc(I)ccc1NC1CSC1. The third kappa shape index (κ3) is 2.44. The molecule has 1 aliphatic rings. The molecule has 1 aromatic rings. The van der Waals surface area contributed by atoms with Crippen LogP contribution in [0.5, 0.6) is 0 Å². The lowest BCUT2D eigenvalue weighted by molar-refractivity contribution is 0.882. The van der Waals surface area contributed by atoms with E-state index < -0.39 is 0 Å². The minimum Gasteiger partial charge on any atom is -0.379 e. The Bertz CT molecular complexity index is 314. The van der Waals surface area contributed by atoms with E-state index >= 15 is 0 Å². The van der Waals surface area contributed by atoms with Gasteiger partial charge in [-0.25, -0.2) is 0 Å². The molecule has 0 atom stereocenters. The molecule has 13 heavy (non-hydrogen) atoms. The Morgan fingerprint density at radius 3 is 2.77 bits per heavy atom. The molecule has 1 aromatic carbocycles. The lowest BCUT2D eigenvalue weighted by atomic mass is 10.3. The van der Waals surface area contributed by atoms with Gasteiger partial charge in [-0.3, -0.25) is 0 Å². The third-order valence-electron chi connectivity index (χ3n) is 1.93. The largest absolute Gasteiger partial charge is 0.379 e. The molecule has 1 saturated heterocycles. The van der Waals surface area contributed by atoms with Crippen molar-refractivity contribution in [3.05, 3.63) is 26.8 Å². The van der Waals surface area contributed by atoms with Crippen molar-refractivity contribution >= 4 is 51.6 Å². The normalized spacial score (nSPS) is 16.8. The van der Waals surface area contributed by atoms with Gasteiger partial charge in [0, 0.05) is 21.1 Å². The summed E-state index contributed by atoms with van der Waals surface area (Å²) in [5.74, 6) is 2.39. The summed E-state index contributed by atoms with van der Waals surface area (Å²) in [5, 5.41) is 4.24. The summed E-state index contributed by atoms with van der Waals surface area (Å²) in [6, 6.07) is 6.71. The second-order valence-corrected chi connectivity index (χ2v) is 5.73. The van der Waals surface area contributed by atoms with Crippen LogP contribution in [-0.2, 0) is 0 Å². The molecule has 0 bridgehead atoms. The van der Waals surface area contributed by atoms with Gasteiger partial charge in [0.05, 0.1) is 10.7 Å². The molecule has 0 aromatic heterocycles. The molecule has 1 nitrogen and oxygen atoms in total. The molecule has 1 heterocycles. The Hall–Kier alpha value is 0.390. The first-order chi connectivity index (χ1) is 6.25. The molecule has 0 spiro atoms.